The second-order valence-corrected chi connectivity index (χ2v) is 4.17. The Morgan fingerprint density at radius 1 is 1.44 bits per heavy atom. The Morgan fingerprint density at radius 3 is 2.75 bits per heavy atom. The van der Waals surface area contributed by atoms with Crippen LogP contribution in [0.3, 0.4) is 0 Å². The first-order valence-corrected chi connectivity index (χ1v) is 5.71. The van der Waals surface area contributed by atoms with Gasteiger partial charge >= 0.3 is 0 Å². The predicted molar refractivity (Wildman–Crippen MR) is 62.6 cm³/mol. The number of rotatable bonds is 7. The number of aldehydes is 1. The van der Waals surface area contributed by atoms with Crippen LogP contribution in [0.5, 0.6) is 0 Å². The SMILES string of the molecule is CCCc1c(C=O)nnn1CCCN(C)C. The van der Waals surface area contributed by atoms with E-state index in [1.54, 1.807) is 0 Å². The highest BCUT2D eigenvalue weighted by Gasteiger charge is 2.10. The first-order chi connectivity index (χ1) is 7.69. The maximum absolute atomic E-state index is 10.8. The quantitative estimate of drug-likeness (QED) is 0.648. The lowest BCUT2D eigenvalue weighted by atomic mass is 10.2. The molecule has 0 spiro atoms. The molecule has 0 amide bonds. The molecule has 5 nitrogen and oxygen atoms in total. The molecule has 90 valence electrons. The number of aromatic nitrogens is 3. The molecule has 0 aliphatic rings. The highest BCUT2D eigenvalue weighted by molar-refractivity contribution is 5.73. The van der Waals surface area contributed by atoms with E-state index in [1.807, 2.05) is 18.8 Å². The molecule has 1 rings (SSSR count). The van der Waals surface area contributed by atoms with Crippen molar-refractivity contribution in [2.75, 3.05) is 20.6 Å². The van der Waals surface area contributed by atoms with Crippen LogP contribution in [0.25, 0.3) is 0 Å². The Kier molecular flexibility index (Phi) is 5.11. The molecule has 0 unspecified atom stereocenters. The summed E-state index contributed by atoms with van der Waals surface area (Å²) in [6.45, 7) is 3.93. The van der Waals surface area contributed by atoms with Gasteiger partial charge in [0.2, 0.25) is 0 Å². The number of carbonyl (C=O) groups excluding carboxylic acids is 1. The fourth-order valence-electron chi connectivity index (χ4n) is 1.65. The molecule has 0 aliphatic carbocycles. The minimum atomic E-state index is 0.492. The number of hydrogen-bond donors (Lipinski definition) is 0. The van der Waals surface area contributed by atoms with Gasteiger partial charge in [-0.2, -0.15) is 0 Å². The molecular weight excluding hydrogens is 204 g/mol. The first kappa shape index (κ1) is 12.8. The summed E-state index contributed by atoms with van der Waals surface area (Å²) in [5.74, 6) is 0. The van der Waals surface area contributed by atoms with Crippen molar-refractivity contribution in [2.45, 2.75) is 32.7 Å². The van der Waals surface area contributed by atoms with Gasteiger partial charge < -0.3 is 4.90 Å². The Labute approximate surface area is 96.4 Å². The topological polar surface area (TPSA) is 51.0 Å². The summed E-state index contributed by atoms with van der Waals surface area (Å²) in [5, 5.41) is 7.90. The van der Waals surface area contributed by atoms with Crippen LogP contribution in [0, 0.1) is 0 Å². The van der Waals surface area contributed by atoms with E-state index in [1.165, 1.54) is 0 Å². The van der Waals surface area contributed by atoms with E-state index in [2.05, 4.69) is 22.1 Å². The molecule has 0 saturated heterocycles. The molecule has 5 heteroatoms. The minimum Gasteiger partial charge on any atom is -0.309 e. The highest BCUT2D eigenvalue weighted by atomic mass is 16.1. The van der Waals surface area contributed by atoms with Crippen molar-refractivity contribution in [3.8, 4) is 0 Å². The Balaban J connectivity index is 2.64. The van der Waals surface area contributed by atoms with E-state index in [0.29, 0.717) is 5.69 Å². The van der Waals surface area contributed by atoms with Crippen molar-refractivity contribution in [1.82, 2.24) is 19.9 Å². The summed E-state index contributed by atoms with van der Waals surface area (Å²) in [6.07, 6.45) is 3.68. The lowest BCUT2D eigenvalue weighted by Gasteiger charge is -2.10. The molecule has 0 N–H and O–H groups in total. The highest BCUT2D eigenvalue weighted by Crippen LogP contribution is 2.07. The average molecular weight is 224 g/mol. The van der Waals surface area contributed by atoms with Crippen molar-refractivity contribution in [3.05, 3.63) is 11.4 Å². The number of carbonyl (C=O) groups is 1. The Bertz CT molecular complexity index is 333. The van der Waals surface area contributed by atoms with Crippen LogP contribution in [-0.2, 0) is 13.0 Å². The fraction of sp³-hybridized carbons (Fsp3) is 0.727. The van der Waals surface area contributed by atoms with E-state index in [9.17, 15) is 4.79 Å². The molecule has 0 bridgehead atoms. The fourth-order valence-corrected chi connectivity index (χ4v) is 1.65. The first-order valence-electron chi connectivity index (χ1n) is 5.71. The number of hydrogen-bond acceptors (Lipinski definition) is 4. The zero-order valence-corrected chi connectivity index (χ0v) is 10.3. The zero-order valence-electron chi connectivity index (χ0n) is 10.3. The standard InChI is InChI=1S/C11H20N4O/c1-4-6-11-10(9-16)12-13-15(11)8-5-7-14(2)3/h9H,4-8H2,1-3H3. The minimum absolute atomic E-state index is 0.492. The maximum atomic E-state index is 10.8. The maximum Gasteiger partial charge on any atom is 0.172 e. The molecule has 0 atom stereocenters. The van der Waals surface area contributed by atoms with Crippen LogP contribution < -0.4 is 0 Å². The van der Waals surface area contributed by atoms with Gasteiger partial charge in [0.25, 0.3) is 0 Å². The molecule has 1 heterocycles. The van der Waals surface area contributed by atoms with Crippen LogP contribution in [0.1, 0.15) is 35.9 Å². The third kappa shape index (κ3) is 3.41. The number of aryl methyl sites for hydroxylation is 1. The summed E-state index contributed by atoms with van der Waals surface area (Å²) >= 11 is 0. The van der Waals surface area contributed by atoms with Crippen LogP contribution in [0.2, 0.25) is 0 Å². The monoisotopic (exact) mass is 224 g/mol. The molecule has 0 aliphatic heterocycles. The van der Waals surface area contributed by atoms with Gasteiger partial charge in [-0.15, -0.1) is 5.10 Å². The second kappa shape index (κ2) is 6.37. The predicted octanol–water partition coefficient (Wildman–Crippen LogP) is 0.995. The van der Waals surface area contributed by atoms with Crippen LogP contribution in [0.15, 0.2) is 0 Å². The van der Waals surface area contributed by atoms with Gasteiger partial charge in [0.15, 0.2) is 6.29 Å². The van der Waals surface area contributed by atoms with Gasteiger partial charge in [-0.1, -0.05) is 18.6 Å². The van der Waals surface area contributed by atoms with Crippen molar-refractivity contribution in [1.29, 1.82) is 0 Å². The van der Waals surface area contributed by atoms with Crippen molar-refractivity contribution >= 4 is 6.29 Å². The van der Waals surface area contributed by atoms with Gasteiger partial charge in [-0.3, -0.25) is 4.79 Å². The Hall–Kier alpha value is -1.23. The van der Waals surface area contributed by atoms with Crippen LogP contribution >= 0.6 is 0 Å². The largest absolute Gasteiger partial charge is 0.309 e. The van der Waals surface area contributed by atoms with Crippen LogP contribution in [-0.4, -0.2) is 46.8 Å². The van der Waals surface area contributed by atoms with E-state index < -0.39 is 0 Å². The lowest BCUT2D eigenvalue weighted by Crippen LogP contribution is -2.16. The second-order valence-electron chi connectivity index (χ2n) is 4.17. The molecule has 0 fully saturated rings. The summed E-state index contributed by atoms with van der Waals surface area (Å²) in [6, 6.07) is 0. The van der Waals surface area contributed by atoms with E-state index in [-0.39, 0.29) is 0 Å². The van der Waals surface area contributed by atoms with Crippen molar-refractivity contribution < 1.29 is 4.79 Å². The molecule has 1 aromatic heterocycles. The van der Waals surface area contributed by atoms with Gasteiger partial charge in [-0.25, -0.2) is 4.68 Å². The zero-order chi connectivity index (χ0) is 12.0. The van der Waals surface area contributed by atoms with E-state index in [0.717, 1.165) is 44.3 Å². The summed E-state index contributed by atoms with van der Waals surface area (Å²) in [7, 11) is 4.09. The third-order valence-corrected chi connectivity index (χ3v) is 2.44. The van der Waals surface area contributed by atoms with Gasteiger partial charge in [0.1, 0.15) is 5.69 Å². The molecule has 1 aromatic rings. The smallest absolute Gasteiger partial charge is 0.172 e. The van der Waals surface area contributed by atoms with Crippen LogP contribution in [0.4, 0.5) is 0 Å². The average Bonchev–Trinajstić information content (AvgIpc) is 2.61. The summed E-state index contributed by atoms with van der Waals surface area (Å²) in [4.78, 5) is 12.9. The van der Waals surface area contributed by atoms with Gasteiger partial charge in [-0.05, 0) is 33.5 Å². The molecule has 0 saturated carbocycles. The molecule has 0 radical (unpaired) electrons. The van der Waals surface area contributed by atoms with Gasteiger partial charge in [0.05, 0.1) is 5.69 Å². The molecule has 0 aromatic carbocycles. The number of nitrogens with zero attached hydrogens (tertiary/aromatic N) is 4. The summed E-state index contributed by atoms with van der Waals surface area (Å²) in [5.41, 5.74) is 1.46. The van der Waals surface area contributed by atoms with Crippen molar-refractivity contribution in [3.63, 3.8) is 0 Å². The third-order valence-electron chi connectivity index (χ3n) is 2.44. The van der Waals surface area contributed by atoms with E-state index >= 15 is 0 Å². The Morgan fingerprint density at radius 2 is 2.19 bits per heavy atom. The van der Waals surface area contributed by atoms with E-state index in [4.69, 9.17) is 0 Å². The molecule has 16 heavy (non-hydrogen) atoms. The van der Waals surface area contributed by atoms with Gasteiger partial charge in [0, 0.05) is 6.54 Å². The molecular formula is C11H20N4O. The normalized spacial score (nSPS) is 11.0. The lowest BCUT2D eigenvalue weighted by molar-refractivity contribution is 0.111. The summed E-state index contributed by atoms with van der Waals surface area (Å²) < 4.78 is 1.86. The van der Waals surface area contributed by atoms with Crippen molar-refractivity contribution in [2.24, 2.45) is 0 Å².